The average Bonchev–Trinajstić information content (AvgIpc) is 3.64. The van der Waals surface area contributed by atoms with Crippen molar-refractivity contribution in [2.45, 2.75) is 25.1 Å². The van der Waals surface area contributed by atoms with E-state index in [0.29, 0.717) is 24.7 Å². The van der Waals surface area contributed by atoms with Crippen LogP contribution in [0.15, 0.2) is 36.4 Å². The van der Waals surface area contributed by atoms with E-state index in [9.17, 15) is 22.8 Å². The molecule has 2 amide bonds. The third-order valence-corrected chi connectivity index (χ3v) is 5.69. The smallest absolute Gasteiger partial charge is 0.375 e. The Bertz CT molecular complexity index is 1000. The standard InChI is InChI=1S/C22H24F3N5O3/c1-33-14-20(31)30(15-6-7-15)19-9-8-18(26-27-19)28-10-12-29(13-11-28)21(32)16-4-2-3-5-17(16)22(23,24)25/h2-5,8-9,15H,6-7,10-14H2,1H3. The van der Waals surface area contributed by atoms with Crippen molar-refractivity contribution in [1.82, 2.24) is 15.1 Å². The van der Waals surface area contributed by atoms with Gasteiger partial charge >= 0.3 is 6.18 Å². The molecule has 8 nitrogen and oxygen atoms in total. The lowest BCUT2D eigenvalue weighted by Crippen LogP contribution is -2.49. The summed E-state index contributed by atoms with van der Waals surface area (Å²) in [5.74, 6) is 0.228. The van der Waals surface area contributed by atoms with Gasteiger partial charge in [-0.05, 0) is 37.1 Å². The zero-order valence-corrected chi connectivity index (χ0v) is 18.1. The normalized spacial score (nSPS) is 16.6. The minimum Gasteiger partial charge on any atom is -0.375 e. The molecule has 1 aromatic carbocycles. The van der Waals surface area contributed by atoms with Gasteiger partial charge in [0.2, 0.25) is 0 Å². The molecule has 1 aliphatic heterocycles. The van der Waals surface area contributed by atoms with E-state index in [2.05, 4.69) is 10.2 Å². The highest BCUT2D eigenvalue weighted by Crippen LogP contribution is 2.33. The highest BCUT2D eigenvalue weighted by atomic mass is 19.4. The Labute approximate surface area is 188 Å². The Balaban J connectivity index is 1.40. The Hall–Kier alpha value is -3.21. The number of methoxy groups -OCH3 is 1. The summed E-state index contributed by atoms with van der Waals surface area (Å²) in [6, 6.07) is 8.42. The number of halogens is 3. The molecule has 1 saturated carbocycles. The van der Waals surface area contributed by atoms with Crippen LogP contribution >= 0.6 is 0 Å². The molecule has 1 aromatic heterocycles. The van der Waals surface area contributed by atoms with Crippen molar-refractivity contribution in [1.29, 1.82) is 0 Å². The predicted octanol–water partition coefficient (Wildman–Crippen LogP) is 2.60. The summed E-state index contributed by atoms with van der Waals surface area (Å²) in [7, 11) is 1.46. The third-order valence-electron chi connectivity index (χ3n) is 5.69. The first-order chi connectivity index (χ1) is 15.8. The van der Waals surface area contributed by atoms with Gasteiger partial charge in [-0.25, -0.2) is 0 Å². The maximum Gasteiger partial charge on any atom is 0.417 e. The largest absolute Gasteiger partial charge is 0.417 e. The summed E-state index contributed by atoms with van der Waals surface area (Å²) in [5, 5.41) is 8.45. The van der Waals surface area contributed by atoms with Gasteiger partial charge in [0.25, 0.3) is 11.8 Å². The Kier molecular flexibility index (Phi) is 6.50. The molecule has 1 aliphatic carbocycles. The second-order valence-corrected chi connectivity index (χ2v) is 8.00. The van der Waals surface area contributed by atoms with Gasteiger partial charge in [0.05, 0.1) is 11.1 Å². The first-order valence-electron chi connectivity index (χ1n) is 10.6. The van der Waals surface area contributed by atoms with Crippen LogP contribution in [0.25, 0.3) is 0 Å². The summed E-state index contributed by atoms with van der Waals surface area (Å²) >= 11 is 0. The highest BCUT2D eigenvalue weighted by molar-refractivity contribution is 5.96. The second kappa shape index (κ2) is 9.34. The molecule has 0 bridgehead atoms. The molecule has 1 saturated heterocycles. The third kappa shape index (κ3) is 5.08. The van der Waals surface area contributed by atoms with E-state index in [1.807, 2.05) is 4.90 Å². The number of hydrogen-bond acceptors (Lipinski definition) is 6. The Morgan fingerprint density at radius 2 is 1.76 bits per heavy atom. The van der Waals surface area contributed by atoms with Gasteiger partial charge in [-0.3, -0.25) is 14.5 Å². The van der Waals surface area contributed by atoms with Crippen molar-refractivity contribution < 1.29 is 27.5 Å². The summed E-state index contributed by atoms with van der Waals surface area (Å²) in [4.78, 5) is 30.0. The molecule has 0 unspecified atom stereocenters. The van der Waals surface area contributed by atoms with E-state index in [0.717, 1.165) is 18.9 Å². The first-order valence-corrected chi connectivity index (χ1v) is 10.6. The van der Waals surface area contributed by atoms with Crippen molar-refractivity contribution >= 4 is 23.5 Å². The first kappa shape index (κ1) is 23.0. The number of ether oxygens (including phenoxy) is 1. The molecule has 0 radical (unpaired) electrons. The van der Waals surface area contributed by atoms with E-state index in [1.54, 1.807) is 17.0 Å². The molecule has 2 heterocycles. The van der Waals surface area contributed by atoms with Crippen LogP contribution in [0.3, 0.4) is 0 Å². The molecule has 0 N–H and O–H groups in total. The van der Waals surface area contributed by atoms with E-state index in [-0.39, 0.29) is 37.2 Å². The van der Waals surface area contributed by atoms with E-state index >= 15 is 0 Å². The molecule has 0 spiro atoms. The topological polar surface area (TPSA) is 78.9 Å². The molecule has 33 heavy (non-hydrogen) atoms. The number of carbonyl (C=O) groups is 2. The van der Waals surface area contributed by atoms with E-state index in [4.69, 9.17) is 4.74 Å². The van der Waals surface area contributed by atoms with Gasteiger partial charge in [0.1, 0.15) is 6.61 Å². The summed E-state index contributed by atoms with van der Waals surface area (Å²) in [6.45, 7) is 1.29. The molecule has 2 aromatic rings. The van der Waals surface area contributed by atoms with Gasteiger partial charge in [-0.15, -0.1) is 10.2 Å². The lowest BCUT2D eigenvalue weighted by molar-refractivity contribution is -0.138. The number of nitrogens with zero attached hydrogens (tertiary/aromatic N) is 5. The van der Waals surface area contributed by atoms with Crippen molar-refractivity contribution in [2.24, 2.45) is 0 Å². The SMILES string of the molecule is COCC(=O)N(c1ccc(N2CCN(C(=O)c3ccccc3C(F)(F)F)CC2)nn1)C1CC1. The maximum absolute atomic E-state index is 13.3. The monoisotopic (exact) mass is 463 g/mol. The number of rotatable bonds is 6. The highest BCUT2D eigenvalue weighted by Gasteiger charge is 2.37. The number of anilines is 2. The number of amides is 2. The number of alkyl halides is 3. The zero-order valence-electron chi connectivity index (χ0n) is 18.1. The minimum absolute atomic E-state index is 0.0343. The van der Waals surface area contributed by atoms with Crippen LogP contribution in [0, 0.1) is 0 Å². The molecular weight excluding hydrogens is 439 g/mol. The number of hydrogen-bond donors (Lipinski definition) is 0. The van der Waals surface area contributed by atoms with Crippen LogP contribution in [-0.4, -0.2) is 72.8 Å². The second-order valence-electron chi connectivity index (χ2n) is 8.00. The van der Waals surface area contributed by atoms with Gasteiger partial charge in [0.15, 0.2) is 11.6 Å². The fourth-order valence-corrected chi connectivity index (χ4v) is 3.89. The van der Waals surface area contributed by atoms with E-state index in [1.165, 1.54) is 30.2 Å². The van der Waals surface area contributed by atoms with Crippen molar-refractivity contribution in [3.8, 4) is 0 Å². The number of aromatic nitrogens is 2. The van der Waals surface area contributed by atoms with Crippen molar-refractivity contribution in [3.63, 3.8) is 0 Å². The van der Waals surface area contributed by atoms with Gasteiger partial charge in [-0.2, -0.15) is 13.2 Å². The van der Waals surface area contributed by atoms with Crippen LogP contribution in [0.2, 0.25) is 0 Å². The number of benzene rings is 1. The lowest BCUT2D eigenvalue weighted by Gasteiger charge is -2.35. The molecular formula is C22H24F3N5O3. The maximum atomic E-state index is 13.3. The van der Waals surface area contributed by atoms with Crippen molar-refractivity contribution in [3.05, 3.63) is 47.5 Å². The molecule has 2 aliphatic rings. The summed E-state index contributed by atoms with van der Waals surface area (Å²) < 4.78 is 44.8. The van der Waals surface area contributed by atoms with Crippen LogP contribution in [0.1, 0.15) is 28.8 Å². The predicted molar refractivity (Wildman–Crippen MR) is 114 cm³/mol. The van der Waals surface area contributed by atoms with Crippen LogP contribution < -0.4 is 9.80 Å². The number of carbonyl (C=O) groups excluding carboxylic acids is 2. The van der Waals surface area contributed by atoms with Crippen LogP contribution in [0.5, 0.6) is 0 Å². The molecule has 2 fully saturated rings. The summed E-state index contributed by atoms with van der Waals surface area (Å²) in [6.07, 6.45) is -2.77. The quantitative estimate of drug-likeness (QED) is 0.656. The van der Waals surface area contributed by atoms with Gasteiger partial charge < -0.3 is 14.5 Å². The fraction of sp³-hybridized carbons (Fsp3) is 0.455. The summed E-state index contributed by atoms with van der Waals surface area (Å²) in [5.41, 5.74) is -1.27. The molecule has 176 valence electrons. The number of piperazine rings is 1. The Morgan fingerprint density at radius 1 is 1.06 bits per heavy atom. The Morgan fingerprint density at radius 3 is 2.33 bits per heavy atom. The van der Waals surface area contributed by atoms with Gasteiger partial charge in [-0.1, -0.05) is 12.1 Å². The lowest BCUT2D eigenvalue weighted by atomic mass is 10.1. The van der Waals surface area contributed by atoms with Crippen LogP contribution in [-0.2, 0) is 15.7 Å². The van der Waals surface area contributed by atoms with Gasteiger partial charge in [0, 0.05) is 39.3 Å². The van der Waals surface area contributed by atoms with Crippen LogP contribution in [0.4, 0.5) is 24.8 Å². The van der Waals surface area contributed by atoms with E-state index < -0.39 is 17.6 Å². The molecule has 0 atom stereocenters. The minimum atomic E-state index is -4.59. The molecule has 4 rings (SSSR count). The van der Waals surface area contributed by atoms with Crippen molar-refractivity contribution in [2.75, 3.05) is 49.7 Å². The molecule has 11 heteroatoms. The average molecular weight is 463 g/mol. The fourth-order valence-electron chi connectivity index (χ4n) is 3.89. The zero-order chi connectivity index (χ0) is 23.6.